The van der Waals surface area contributed by atoms with Crippen LogP contribution in [-0.4, -0.2) is 47.5 Å². The van der Waals surface area contributed by atoms with E-state index in [2.05, 4.69) is 0 Å². The van der Waals surface area contributed by atoms with E-state index in [9.17, 15) is 9.90 Å². The van der Waals surface area contributed by atoms with Gasteiger partial charge < -0.3 is 25.2 Å². The fourth-order valence-electron chi connectivity index (χ4n) is 2.55. The Morgan fingerprint density at radius 3 is 2.36 bits per heavy atom. The highest BCUT2D eigenvalue weighted by Gasteiger charge is 2.24. The van der Waals surface area contributed by atoms with E-state index in [0.29, 0.717) is 24.4 Å². The Bertz CT molecular complexity index is 726. The summed E-state index contributed by atoms with van der Waals surface area (Å²) in [6, 6.07) is 16.8. The lowest BCUT2D eigenvalue weighted by Crippen LogP contribution is -2.43. The molecule has 1 unspecified atom stereocenters. The zero-order chi connectivity index (χ0) is 20.6. The third-order valence-electron chi connectivity index (χ3n) is 3.92. The molecule has 2 aromatic carbocycles. The first-order valence-corrected chi connectivity index (χ1v) is 9.41. The van der Waals surface area contributed by atoms with Crippen LogP contribution in [0.5, 0.6) is 5.75 Å². The van der Waals surface area contributed by atoms with Crippen LogP contribution in [0, 0.1) is 0 Å². The third kappa shape index (κ3) is 7.88. The average molecular weight is 386 g/mol. The van der Waals surface area contributed by atoms with Gasteiger partial charge in [0.1, 0.15) is 24.1 Å². The number of aliphatic hydroxyl groups excluding tert-OH is 1. The predicted octanol–water partition coefficient (Wildman–Crippen LogP) is 3.49. The second-order valence-electron chi connectivity index (χ2n) is 7.70. The van der Waals surface area contributed by atoms with Crippen LogP contribution < -0.4 is 10.5 Å². The van der Waals surface area contributed by atoms with Crippen molar-refractivity contribution in [2.24, 2.45) is 0 Å². The molecule has 0 radical (unpaired) electrons. The molecule has 0 aromatic heterocycles. The van der Waals surface area contributed by atoms with E-state index in [4.69, 9.17) is 15.2 Å². The maximum atomic E-state index is 12.6. The van der Waals surface area contributed by atoms with Crippen LogP contribution in [0.25, 0.3) is 0 Å². The van der Waals surface area contributed by atoms with Gasteiger partial charge in [0.15, 0.2) is 0 Å². The Hall–Kier alpha value is -2.73. The van der Waals surface area contributed by atoms with Crippen LogP contribution in [0.2, 0.25) is 0 Å². The summed E-state index contributed by atoms with van der Waals surface area (Å²) in [5.41, 5.74) is 6.86. The lowest BCUT2D eigenvalue weighted by molar-refractivity contribution is 0.00945. The van der Waals surface area contributed by atoms with E-state index >= 15 is 0 Å². The minimum atomic E-state index is -0.834. The molecule has 0 spiro atoms. The molecule has 0 aliphatic heterocycles. The number of para-hydroxylation sites is 1. The normalized spacial score (nSPS) is 12.3. The molecule has 0 saturated heterocycles. The van der Waals surface area contributed by atoms with Crippen LogP contribution in [0.4, 0.5) is 10.5 Å². The van der Waals surface area contributed by atoms with Crippen LogP contribution in [-0.2, 0) is 11.2 Å². The molecule has 152 valence electrons. The molecule has 1 amide bonds. The van der Waals surface area contributed by atoms with Gasteiger partial charge in [0.25, 0.3) is 0 Å². The number of aliphatic hydroxyl groups is 1. The number of benzene rings is 2. The van der Waals surface area contributed by atoms with Gasteiger partial charge in [0.2, 0.25) is 0 Å². The molecule has 0 heterocycles. The molecule has 6 nitrogen and oxygen atoms in total. The van der Waals surface area contributed by atoms with E-state index in [1.54, 1.807) is 0 Å². The molecule has 0 saturated carbocycles. The zero-order valence-electron chi connectivity index (χ0n) is 16.8. The molecular formula is C22H30N2O4. The van der Waals surface area contributed by atoms with Crippen molar-refractivity contribution >= 4 is 11.8 Å². The number of hydrogen-bond acceptors (Lipinski definition) is 5. The van der Waals surface area contributed by atoms with Crippen LogP contribution in [0.3, 0.4) is 0 Å². The van der Waals surface area contributed by atoms with Crippen molar-refractivity contribution in [2.45, 2.75) is 38.9 Å². The maximum Gasteiger partial charge on any atom is 0.410 e. The molecule has 2 rings (SSSR count). The predicted molar refractivity (Wildman–Crippen MR) is 110 cm³/mol. The number of ether oxygens (including phenoxy) is 2. The summed E-state index contributed by atoms with van der Waals surface area (Å²) >= 11 is 0. The first-order chi connectivity index (χ1) is 13.2. The standard InChI is InChI=1S/C22H30N2O4/c1-22(2,3)28-21(26)24(14-13-17-9-11-18(23)12-10-17)15-19(25)16-27-20-7-5-4-6-8-20/h4-12,19,25H,13-16,23H2,1-3H3. The van der Waals surface area contributed by atoms with Gasteiger partial charge in [-0.2, -0.15) is 0 Å². The van der Waals surface area contributed by atoms with Gasteiger partial charge in [0, 0.05) is 12.2 Å². The number of hydrogen-bond donors (Lipinski definition) is 2. The molecular weight excluding hydrogens is 356 g/mol. The van der Waals surface area contributed by atoms with E-state index in [-0.39, 0.29) is 13.2 Å². The number of anilines is 1. The minimum absolute atomic E-state index is 0.0885. The Kier molecular flexibility index (Phi) is 7.70. The molecule has 2 aromatic rings. The third-order valence-corrected chi connectivity index (χ3v) is 3.92. The van der Waals surface area contributed by atoms with Crippen molar-refractivity contribution < 1.29 is 19.4 Å². The molecule has 6 heteroatoms. The molecule has 28 heavy (non-hydrogen) atoms. The fraction of sp³-hybridized carbons (Fsp3) is 0.409. The molecule has 0 bridgehead atoms. The summed E-state index contributed by atoms with van der Waals surface area (Å²) in [7, 11) is 0. The molecule has 0 aliphatic carbocycles. The first-order valence-electron chi connectivity index (χ1n) is 9.41. The fourth-order valence-corrected chi connectivity index (χ4v) is 2.55. The average Bonchev–Trinajstić information content (AvgIpc) is 2.64. The van der Waals surface area contributed by atoms with Crippen molar-refractivity contribution in [1.82, 2.24) is 4.90 Å². The highest BCUT2D eigenvalue weighted by Crippen LogP contribution is 2.13. The van der Waals surface area contributed by atoms with Crippen molar-refractivity contribution in [1.29, 1.82) is 0 Å². The highest BCUT2D eigenvalue weighted by molar-refractivity contribution is 5.68. The Morgan fingerprint density at radius 1 is 1.11 bits per heavy atom. The van der Waals surface area contributed by atoms with Crippen LogP contribution in [0.1, 0.15) is 26.3 Å². The number of carbonyl (C=O) groups is 1. The van der Waals surface area contributed by atoms with Gasteiger partial charge in [-0.15, -0.1) is 0 Å². The Balaban J connectivity index is 1.95. The van der Waals surface area contributed by atoms with Gasteiger partial charge in [-0.25, -0.2) is 4.79 Å². The van der Waals surface area contributed by atoms with Crippen molar-refractivity contribution in [2.75, 3.05) is 25.4 Å². The largest absolute Gasteiger partial charge is 0.491 e. The number of nitrogen functional groups attached to an aromatic ring is 1. The van der Waals surface area contributed by atoms with Crippen LogP contribution in [0.15, 0.2) is 54.6 Å². The molecule has 0 aliphatic rings. The van der Waals surface area contributed by atoms with Gasteiger partial charge in [-0.3, -0.25) is 0 Å². The number of rotatable bonds is 8. The van der Waals surface area contributed by atoms with Gasteiger partial charge >= 0.3 is 6.09 Å². The van der Waals surface area contributed by atoms with Crippen LogP contribution >= 0.6 is 0 Å². The van der Waals surface area contributed by atoms with Crippen molar-refractivity contribution in [3.8, 4) is 5.75 Å². The monoisotopic (exact) mass is 386 g/mol. The van der Waals surface area contributed by atoms with E-state index < -0.39 is 17.8 Å². The Morgan fingerprint density at radius 2 is 1.75 bits per heavy atom. The lowest BCUT2D eigenvalue weighted by Gasteiger charge is -2.29. The molecule has 3 N–H and O–H groups in total. The topological polar surface area (TPSA) is 85.0 Å². The minimum Gasteiger partial charge on any atom is -0.491 e. The Labute approximate surface area is 166 Å². The van der Waals surface area contributed by atoms with Gasteiger partial charge in [-0.05, 0) is 57.0 Å². The summed E-state index contributed by atoms with van der Waals surface area (Å²) in [5, 5.41) is 10.4. The summed E-state index contributed by atoms with van der Waals surface area (Å²) in [6.45, 7) is 6.08. The lowest BCUT2D eigenvalue weighted by atomic mass is 10.1. The van der Waals surface area contributed by atoms with Gasteiger partial charge in [0.05, 0.1) is 6.54 Å². The van der Waals surface area contributed by atoms with Crippen molar-refractivity contribution in [3.63, 3.8) is 0 Å². The summed E-state index contributed by atoms with van der Waals surface area (Å²) in [6.07, 6.45) is -0.660. The smallest absolute Gasteiger partial charge is 0.410 e. The number of nitrogens with zero attached hydrogens (tertiary/aromatic N) is 1. The second-order valence-corrected chi connectivity index (χ2v) is 7.70. The number of nitrogens with two attached hydrogens (primary N) is 1. The summed E-state index contributed by atoms with van der Waals surface area (Å²) in [4.78, 5) is 14.1. The summed E-state index contributed by atoms with van der Waals surface area (Å²) < 4.78 is 11.1. The quantitative estimate of drug-likeness (QED) is 0.679. The summed E-state index contributed by atoms with van der Waals surface area (Å²) in [5.74, 6) is 0.673. The molecule has 0 fully saturated rings. The number of carbonyl (C=O) groups excluding carboxylic acids is 1. The highest BCUT2D eigenvalue weighted by atomic mass is 16.6. The van der Waals surface area contributed by atoms with Gasteiger partial charge in [-0.1, -0.05) is 30.3 Å². The molecule has 1 atom stereocenters. The van der Waals surface area contributed by atoms with E-state index in [1.807, 2.05) is 75.4 Å². The first kappa shape index (κ1) is 21.6. The van der Waals surface area contributed by atoms with E-state index in [1.165, 1.54) is 4.90 Å². The van der Waals surface area contributed by atoms with E-state index in [0.717, 1.165) is 5.56 Å². The SMILES string of the molecule is CC(C)(C)OC(=O)N(CCc1ccc(N)cc1)CC(O)COc1ccccc1. The second kappa shape index (κ2) is 9.99. The zero-order valence-corrected chi connectivity index (χ0v) is 16.8. The maximum absolute atomic E-state index is 12.6. The van der Waals surface area contributed by atoms with Crippen molar-refractivity contribution in [3.05, 3.63) is 60.2 Å². The number of amides is 1.